The number of para-hydroxylation sites is 7. The van der Waals surface area contributed by atoms with E-state index in [1.54, 1.807) is 6.07 Å². The minimum absolute atomic E-state index is 0.422. The molecule has 0 unspecified atom stereocenters. The number of aryl methyl sites for hydroxylation is 1. The largest absolute Gasteiger partial charge is 0.307 e. The highest BCUT2D eigenvalue weighted by Gasteiger charge is 2.32. The molecule has 4 aromatic heterocycles. The van der Waals surface area contributed by atoms with Crippen LogP contribution in [0.15, 0.2) is 200 Å². The van der Waals surface area contributed by atoms with Gasteiger partial charge in [-0.2, -0.15) is 10.5 Å². The number of nitriles is 2. The maximum atomic E-state index is 10.6. The van der Waals surface area contributed by atoms with E-state index in [2.05, 4.69) is 218 Å². The Morgan fingerprint density at radius 1 is 0.368 bits per heavy atom. The number of fused-ring (bicyclic) bond motifs is 12. The molecule has 0 saturated carbocycles. The van der Waals surface area contributed by atoms with Gasteiger partial charge in [-0.1, -0.05) is 133 Å². The Labute approximate surface area is 390 Å². The van der Waals surface area contributed by atoms with Crippen LogP contribution in [0.1, 0.15) is 28.8 Å². The summed E-state index contributed by atoms with van der Waals surface area (Å²) in [5.74, 6) is 0. The van der Waals surface area contributed by atoms with Crippen LogP contribution in [0.25, 0.3) is 116 Å². The molecular weight excluding hydrogens is 829 g/mol. The third-order valence-corrected chi connectivity index (χ3v) is 14.2. The van der Waals surface area contributed by atoms with Crippen LogP contribution in [0.2, 0.25) is 0 Å². The summed E-state index contributed by atoms with van der Waals surface area (Å²) >= 11 is 0. The lowest BCUT2D eigenvalue weighted by atomic mass is 9.95. The van der Waals surface area contributed by atoms with E-state index in [0.29, 0.717) is 11.1 Å². The Bertz CT molecular complexity index is 4230. The van der Waals surface area contributed by atoms with E-state index in [9.17, 15) is 10.5 Å². The van der Waals surface area contributed by atoms with Crippen LogP contribution in [0.5, 0.6) is 0 Å². The molecule has 0 aliphatic heterocycles. The molecule has 0 fully saturated rings. The fourth-order valence-corrected chi connectivity index (χ4v) is 11.5. The van der Waals surface area contributed by atoms with Gasteiger partial charge in [0.15, 0.2) is 0 Å². The van der Waals surface area contributed by atoms with Crippen molar-refractivity contribution >= 4 is 82.4 Å². The van der Waals surface area contributed by atoms with Crippen LogP contribution in [0.4, 0.5) is 0 Å². The summed E-state index contributed by atoms with van der Waals surface area (Å²) in [5.41, 5.74) is 16.3. The summed E-state index contributed by atoms with van der Waals surface area (Å²) in [7, 11) is 0. The van der Waals surface area contributed by atoms with E-state index in [1.807, 2.05) is 12.1 Å². The third kappa shape index (κ3) is 5.26. The minimum Gasteiger partial charge on any atom is -0.307 e. The molecule has 14 rings (SSSR count). The van der Waals surface area contributed by atoms with Crippen molar-refractivity contribution in [3.63, 3.8) is 0 Å². The van der Waals surface area contributed by atoms with E-state index in [0.717, 1.165) is 123 Å². The van der Waals surface area contributed by atoms with Gasteiger partial charge in [-0.3, -0.25) is 0 Å². The second-order valence-electron chi connectivity index (χ2n) is 17.8. The molecular formula is C62H38N6. The highest BCUT2D eigenvalue weighted by Crippen LogP contribution is 2.50. The maximum absolute atomic E-state index is 10.6. The molecule has 9 aromatic carbocycles. The molecule has 68 heavy (non-hydrogen) atoms. The molecule has 1 aliphatic carbocycles. The van der Waals surface area contributed by atoms with Crippen molar-refractivity contribution in [2.75, 3.05) is 0 Å². The van der Waals surface area contributed by atoms with Gasteiger partial charge in [0, 0.05) is 49.0 Å². The van der Waals surface area contributed by atoms with Crippen molar-refractivity contribution in [2.45, 2.75) is 12.8 Å². The lowest BCUT2D eigenvalue weighted by Gasteiger charge is -2.29. The van der Waals surface area contributed by atoms with Gasteiger partial charge >= 0.3 is 0 Å². The lowest BCUT2D eigenvalue weighted by molar-refractivity contribution is 0.951. The van der Waals surface area contributed by atoms with Crippen molar-refractivity contribution in [1.29, 1.82) is 10.5 Å². The van der Waals surface area contributed by atoms with Gasteiger partial charge < -0.3 is 18.3 Å². The topological polar surface area (TPSA) is 67.3 Å². The van der Waals surface area contributed by atoms with Gasteiger partial charge in [-0.05, 0) is 96.8 Å². The summed E-state index contributed by atoms with van der Waals surface area (Å²) in [6.45, 7) is 0. The number of nitrogens with zero attached hydrogens (tertiary/aromatic N) is 6. The second kappa shape index (κ2) is 14.6. The number of rotatable bonds is 5. The van der Waals surface area contributed by atoms with Crippen molar-refractivity contribution < 1.29 is 0 Å². The van der Waals surface area contributed by atoms with Gasteiger partial charge in [0.25, 0.3) is 0 Å². The second-order valence-corrected chi connectivity index (χ2v) is 17.8. The highest BCUT2D eigenvalue weighted by molar-refractivity contribution is 6.15. The summed E-state index contributed by atoms with van der Waals surface area (Å²) in [6, 6.07) is 73.9. The Kier molecular flexibility index (Phi) is 8.14. The van der Waals surface area contributed by atoms with E-state index in [1.165, 1.54) is 10.9 Å². The number of benzene rings is 9. The molecule has 316 valence electrons. The zero-order valence-corrected chi connectivity index (χ0v) is 36.7. The average molecular weight is 867 g/mol. The van der Waals surface area contributed by atoms with Crippen LogP contribution in [0, 0.1) is 22.7 Å². The monoisotopic (exact) mass is 866 g/mol. The maximum Gasteiger partial charge on any atom is 0.0992 e. The molecule has 0 amide bonds. The van der Waals surface area contributed by atoms with Crippen LogP contribution in [0.3, 0.4) is 0 Å². The Morgan fingerprint density at radius 3 is 1.19 bits per heavy atom. The SMILES string of the molecule is N#Cc1cc(C#N)cc(-c2cc(-n3c4ccccc4c4ccccc43)c(-n3c4ccccc4c4ccccc43)c(-n3c4c(c5ccccc53)CCC=C4)c2-n2c3ccccc3c3ccccc32)c1. The predicted octanol–water partition coefficient (Wildman–Crippen LogP) is 15.3. The first-order chi connectivity index (χ1) is 33.7. The fraction of sp³-hybridized carbons (Fsp3) is 0.0323. The normalized spacial score (nSPS) is 12.5. The van der Waals surface area contributed by atoms with E-state index < -0.39 is 0 Å². The predicted molar refractivity (Wildman–Crippen MR) is 279 cm³/mol. The van der Waals surface area contributed by atoms with Gasteiger partial charge in [-0.15, -0.1) is 0 Å². The molecule has 0 atom stereocenters. The lowest BCUT2D eigenvalue weighted by Crippen LogP contribution is -2.15. The zero-order valence-electron chi connectivity index (χ0n) is 36.7. The van der Waals surface area contributed by atoms with Gasteiger partial charge in [-0.25, -0.2) is 0 Å². The smallest absolute Gasteiger partial charge is 0.0992 e. The highest BCUT2D eigenvalue weighted by atomic mass is 15.1. The zero-order chi connectivity index (χ0) is 45.0. The molecule has 0 saturated heterocycles. The Morgan fingerprint density at radius 2 is 0.750 bits per heavy atom. The molecule has 13 aromatic rings. The average Bonchev–Trinajstić information content (AvgIpc) is 4.13. The van der Waals surface area contributed by atoms with Crippen LogP contribution < -0.4 is 0 Å². The first-order valence-corrected chi connectivity index (χ1v) is 23.1. The molecule has 6 heteroatoms. The van der Waals surface area contributed by atoms with Crippen LogP contribution in [-0.4, -0.2) is 18.3 Å². The summed E-state index contributed by atoms with van der Waals surface area (Å²) in [4.78, 5) is 0. The molecule has 1 aliphatic rings. The summed E-state index contributed by atoms with van der Waals surface area (Å²) < 4.78 is 9.92. The Hall–Kier alpha value is -9.36. The van der Waals surface area contributed by atoms with Crippen molar-refractivity contribution in [3.8, 4) is 46.0 Å². The molecule has 0 bridgehead atoms. The Balaban J connectivity index is 1.35. The first-order valence-electron chi connectivity index (χ1n) is 23.1. The van der Waals surface area contributed by atoms with Crippen LogP contribution in [-0.2, 0) is 6.42 Å². The molecule has 0 radical (unpaired) electrons. The molecule has 0 N–H and O–H groups in total. The molecule has 4 heterocycles. The van der Waals surface area contributed by atoms with Gasteiger partial charge in [0.1, 0.15) is 0 Å². The quantitative estimate of drug-likeness (QED) is 0.173. The standard InChI is InChI=1S/C62H38N6/c63-37-39-33-40(38-64)35-41(34-39)50-36-59(65-51-25-9-1-17-42(51)43-18-2-10-26-52(43)65)61(67-55-29-13-5-21-46(55)47-22-6-14-30-56(47)67)62(68-57-31-15-7-23-48(57)49-24-8-16-32-58(49)68)60(50)66-53-27-11-3-19-44(53)45-20-4-12-28-54(45)66/h1-7,9-23,25-36H,8,24H2. The molecule has 6 nitrogen and oxygen atoms in total. The van der Waals surface area contributed by atoms with Crippen molar-refractivity contribution in [1.82, 2.24) is 18.3 Å². The summed E-state index contributed by atoms with van der Waals surface area (Å²) in [6.07, 6.45) is 6.49. The third-order valence-electron chi connectivity index (χ3n) is 14.2. The minimum atomic E-state index is 0.422. The van der Waals surface area contributed by atoms with Crippen molar-refractivity contribution in [2.24, 2.45) is 0 Å². The van der Waals surface area contributed by atoms with Gasteiger partial charge in [0.05, 0.1) is 84.6 Å². The molecule has 0 spiro atoms. The van der Waals surface area contributed by atoms with E-state index in [-0.39, 0.29) is 0 Å². The number of aromatic nitrogens is 4. The van der Waals surface area contributed by atoms with E-state index in [4.69, 9.17) is 0 Å². The number of hydrogen-bond acceptors (Lipinski definition) is 2. The number of hydrogen-bond donors (Lipinski definition) is 0. The van der Waals surface area contributed by atoms with Crippen LogP contribution >= 0.6 is 0 Å². The fourth-order valence-electron chi connectivity index (χ4n) is 11.5. The van der Waals surface area contributed by atoms with Gasteiger partial charge in [0.2, 0.25) is 0 Å². The van der Waals surface area contributed by atoms with Crippen molar-refractivity contribution in [3.05, 3.63) is 223 Å². The van der Waals surface area contributed by atoms with E-state index >= 15 is 0 Å². The number of allylic oxidation sites excluding steroid dienone is 1. The first kappa shape index (κ1) is 38.0. The summed E-state index contributed by atoms with van der Waals surface area (Å²) in [5, 5.41) is 29.4.